The van der Waals surface area contributed by atoms with Gasteiger partial charge in [0.15, 0.2) is 0 Å². The molecule has 0 aliphatic heterocycles. The Kier molecular flexibility index (Phi) is 3.31. The predicted octanol–water partition coefficient (Wildman–Crippen LogP) is 3.15. The van der Waals surface area contributed by atoms with Crippen molar-refractivity contribution in [2.45, 2.75) is 5.88 Å². The van der Waals surface area contributed by atoms with E-state index >= 15 is 0 Å². The molecular formula is C11H8ClFN2O. The van der Waals surface area contributed by atoms with Crippen LogP contribution >= 0.6 is 11.6 Å². The molecule has 0 spiro atoms. The molecule has 0 radical (unpaired) electrons. The van der Waals surface area contributed by atoms with Crippen LogP contribution in [0.1, 0.15) is 5.69 Å². The van der Waals surface area contributed by atoms with Crippen molar-refractivity contribution in [1.29, 1.82) is 0 Å². The molecule has 0 N–H and O–H groups in total. The van der Waals surface area contributed by atoms with Crippen molar-refractivity contribution in [1.82, 2.24) is 10.2 Å². The number of nitrogens with zero attached hydrogens (tertiary/aromatic N) is 2. The van der Waals surface area contributed by atoms with Gasteiger partial charge in [-0.3, -0.25) is 0 Å². The van der Waals surface area contributed by atoms with Crippen molar-refractivity contribution in [3.8, 4) is 11.6 Å². The fourth-order valence-electron chi connectivity index (χ4n) is 1.10. The van der Waals surface area contributed by atoms with Crippen LogP contribution in [0.2, 0.25) is 0 Å². The van der Waals surface area contributed by atoms with Crippen LogP contribution in [0.25, 0.3) is 0 Å². The van der Waals surface area contributed by atoms with Crippen LogP contribution in [-0.4, -0.2) is 10.2 Å². The first-order valence-corrected chi connectivity index (χ1v) is 5.13. The van der Waals surface area contributed by atoms with Gasteiger partial charge < -0.3 is 4.74 Å². The van der Waals surface area contributed by atoms with Gasteiger partial charge in [0.05, 0.1) is 11.6 Å². The number of aromatic nitrogens is 2. The molecule has 1 aromatic heterocycles. The molecule has 5 heteroatoms. The van der Waals surface area contributed by atoms with E-state index < -0.39 is 0 Å². The van der Waals surface area contributed by atoms with Gasteiger partial charge in [-0.2, -0.15) is 5.10 Å². The fourth-order valence-corrected chi connectivity index (χ4v) is 1.24. The highest BCUT2D eigenvalue weighted by molar-refractivity contribution is 6.16. The van der Waals surface area contributed by atoms with E-state index in [0.717, 1.165) is 0 Å². The number of benzene rings is 1. The van der Waals surface area contributed by atoms with Gasteiger partial charge in [-0.1, -0.05) is 0 Å². The third-order valence-corrected chi connectivity index (χ3v) is 2.14. The van der Waals surface area contributed by atoms with Gasteiger partial charge in [0, 0.05) is 6.07 Å². The van der Waals surface area contributed by atoms with Crippen molar-refractivity contribution in [3.63, 3.8) is 0 Å². The first kappa shape index (κ1) is 10.8. The zero-order valence-electron chi connectivity index (χ0n) is 8.23. The largest absolute Gasteiger partial charge is 0.438 e. The van der Waals surface area contributed by atoms with Crippen molar-refractivity contribution < 1.29 is 9.13 Å². The quantitative estimate of drug-likeness (QED) is 0.771. The lowest BCUT2D eigenvalue weighted by Crippen LogP contribution is -1.93. The molecule has 2 rings (SSSR count). The second-order valence-electron chi connectivity index (χ2n) is 3.05. The van der Waals surface area contributed by atoms with E-state index in [1.54, 1.807) is 12.1 Å². The van der Waals surface area contributed by atoms with E-state index in [1.165, 1.54) is 24.3 Å². The highest BCUT2D eigenvalue weighted by Gasteiger charge is 2.00. The summed E-state index contributed by atoms with van der Waals surface area (Å²) in [6.07, 6.45) is 0. The molecule has 82 valence electrons. The Balaban J connectivity index is 2.11. The highest BCUT2D eigenvalue weighted by Crippen LogP contribution is 2.18. The molecule has 0 bridgehead atoms. The van der Waals surface area contributed by atoms with Gasteiger partial charge in [-0.25, -0.2) is 4.39 Å². The molecule has 0 fully saturated rings. The van der Waals surface area contributed by atoms with Crippen LogP contribution in [0.3, 0.4) is 0 Å². The van der Waals surface area contributed by atoms with E-state index in [9.17, 15) is 4.39 Å². The Morgan fingerprint density at radius 1 is 1.06 bits per heavy atom. The molecule has 0 saturated heterocycles. The number of rotatable bonds is 3. The summed E-state index contributed by atoms with van der Waals surface area (Å²) in [5, 5.41) is 7.65. The Hall–Kier alpha value is -1.68. The second kappa shape index (κ2) is 4.90. The molecule has 2 aromatic rings. The van der Waals surface area contributed by atoms with E-state index in [2.05, 4.69) is 10.2 Å². The van der Waals surface area contributed by atoms with Crippen molar-refractivity contribution in [2.75, 3.05) is 0 Å². The lowest BCUT2D eigenvalue weighted by molar-refractivity contribution is 0.453. The maximum absolute atomic E-state index is 12.6. The third kappa shape index (κ3) is 2.67. The number of hydrogen-bond acceptors (Lipinski definition) is 3. The van der Waals surface area contributed by atoms with E-state index in [4.69, 9.17) is 16.3 Å². The molecule has 0 unspecified atom stereocenters. The van der Waals surface area contributed by atoms with Crippen LogP contribution < -0.4 is 4.74 Å². The number of halogens is 2. The minimum atomic E-state index is -0.309. The lowest BCUT2D eigenvalue weighted by atomic mass is 10.3. The summed E-state index contributed by atoms with van der Waals surface area (Å²) < 4.78 is 18.0. The topological polar surface area (TPSA) is 35.0 Å². The van der Waals surface area contributed by atoms with Gasteiger partial charge >= 0.3 is 0 Å². The van der Waals surface area contributed by atoms with Crippen molar-refractivity contribution in [3.05, 3.63) is 47.9 Å². The van der Waals surface area contributed by atoms with Gasteiger partial charge in [-0.15, -0.1) is 16.7 Å². The number of ether oxygens (including phenoxy) is 1. The molecule has 16 heavy (non-hydrogen) atoms. The summed E-state index contributed by atoms with van der Waals surface area (Å²) in [6.45, 7) is 0. The Morgan fingerprint density at radius 3 is 2.38 bits per heavy atom. The summed E-state index contributed by atoms with van der Waals surface area (Å²) in [7, 11) is 0. The third-order valence-electron chi connectivity index (χ3n) is 1.87. The fraction of sp³-hybridized carbons (Fsp3) is 0.0909. The summed E-state index contributed by atoms with van der Waals surface area (Å²) in [5.41, 5.74) is 0.674. The standard InChI is InChI=1S/C11H8ClFN2O/c12-7-9-3-6-11(15-14-9)16-10-4-1-8(13)2-5-10/h1-6H,7H2. The van der Waals surface area contributed by atoms with Crippen LogP contribution in [0.5, 0.6) is 11.6 Å². The summed E-state index contributed by atoms with van der Waals surface area (Å²) >= 11 is 5.57. The highest BCUT2D eigenvalue weighted by atomic mass is 35.5. The van der Waals surface area contributed by atoms with Crippen LogP contribution in [0.15, 0.2) is 36.4 Å². The molecular weight excluding hydrogens is 231 g/mol. The predicted molar refractivity (Wildman–Crippen MR) is 58.1 cm³/mol. The average Bonchev–Trinajstić information content (AvgIpc) is 2.33. The monoisotopic (exact) mass is 238 g/mol. The van der Waals surface area contributed by atoms with Crippen LogP contribution in [0, 0.1) is 5.82 Å². The normalized spacial score (nSPS) is 10.1. The van der Waals surface area contributed by atoms with E-state index in [-0.39, 0.29) is 5.82 Å². The Bertz CT molecular complexity index is 458. The van der Waals surface area contributed by atoms with E-state index in [1.807, 2.05) is 0 Å². The molecule has 1 heterocycles. The molecule has 0 aliphatic rings. The molecule has 0 aliphatic carbocycles. The maximum atomic E-state index is 12.6. The molecule has 1 aromatic carbocycles. The minimum absolute atomic E-state index is 0.309. The SMILES string of the molecule is Fc1ccc(Oc2ccc(CCl)nn2)cc1. The maximum Gasteiger partial charge on any atom is 0.238 e. The summed E-state index contributed by atoms with van der Waals surface area (Å²) in [5.74, 6) is 0.856. The Labute approximate surface area is 96.8 Å². The smallest absolute Gasteiger partial charge is 0.238 e. The van der Waals surface area contributed by atoms with E-state index in [0.29, 0.717) is 23.2 Å². The second-order valence-corrected chi connectivity index (χ2v) is 3.32. The van der Waals surface area contributed by atoms with Crippen molar-refractivity contribution >= 4 is 11.6 Å². The van der Waals surface area contributed by atoms with Gasteiger partial charge in [0.1, 0.15) is 11.6 Å². The molecule has 0 atom stereocenters. The van der Waals surface area contributed by atoms with Crippen LogP contribution in [-0.2, 0) is 5.88 Å². The summed E-state index contributed by atoms with van der Waals surface area (Å²) in [6, 6.07) is 9.05. The minimum Gasteiger partial charge on any atom is -0.438 e. The van der Waals surface area contributed by atoms with Crippen LogP contribution in [0.4, 0.5) is 4.39 Å². The van der Waals surface area contributed by atoms with Gasteiger partial charge in [-0.05, 0) is 30.3 Å². The van der Waals surface area contributed by atoms with Gasteiger partial charge in [0.2, 0.25) is 5.88 Å². The van der Waals surface area contributed by atoms with Crippen molar-refractivity contribution in [2.24, 2.45) is 0 Å². The summed E-state index contributed by atoms with van der Waals surface area (Å²) in [4.78, 5) is 0. The molecule has 0 saturated carbocycles. The Morgan fingerprint density at radius 2 is 1.81 bits per heavy atom. The zero-order valence-corrected chi connectivity index (χ0v) is 8.99. The number of hydrogen-bond donors (Lipinski definition) is 0. The zero-order chi connectivity index (χ0) is 11.4. The first-order valence-electron chi connectivity index (χ1n) is 4.60. The lowest BCUT2D eigenvalue weighted by Gasteiger charge is -2.03. The first-order chi connectivity index (χ1) is 7.78. The number of alkyl halides is 1. The van der Waals surface area contributed by atoms with Gasteiger partial charge in [0.25, 0.3) is 0 Å². The molecule has 0 amide bonds. The average molecular weight is 239 g/mol. The molecule has 3 nitrogen and oxygen atoms in total.